The lowest BCUT2D eigenvalue weighted by Gasteiger charge is -2.28. The molecule has 1 aliphatic heterocycles. The largest absolute Gasteiger partial charge is 0.490 e. The number of aryl methyl sites for hydroxylation is 2. The number of halogens is 2. The van der Waals surface area contributed by atoms with Crippen molar-refractivity contribution in [2.45, 2.75) is 59.2 Å². The van der Waals surface area contributed by atoms with Crippen LogP contribution in [0.15, 0.2) is 30.3 Å². The quantitative estimate of drug-likeness (QED) is 0.245. The van der Waals surface area contributed by atoms with Crippen molar-refractivity contribution in [2.75, 3.05) is 6.61 Å². The van der Waals surface area contributed by atoms with Crippen LogP contribution < -0.4 is 4.74 Å². The number of carboxylic acid groups (broad SMARTS) is 1. The van der Waals surface area contributed by atoms with Crippen LogP contribution in [0.2, 0.25) is 5.02 Å². The van der Waals surface area contributed by atoms with E-state index in [1.165, 1.54) is 6.07 Å². The van der Waals surface area contributed by atoms with Crippen LogP contribution in [-0.2, 0) is 23.0 Å². The van der Waals surface area contributed by atoms with Gasteiger partial charge >= 0.3 is 5.97 Å². The first-order chi connectivity index (χ1) is 19.8. The van der Waals surface area contributed by atoms with Crippen LogP contribution in [0.25, 0.3) is 39.5 Å². The van der Waals surface area contributed by atoms with Gasteiger partial charge in [0.1, 0.15) is 5.69 Å². The molecule has 0 saturated heterocycles. The molecule has 5 aromatic rings. The summed E-state index contributed by atoms with van der Waals surface area (Å²) in [6.07, 6.45) is 0.00137. The maximum atomic E-state index is 15.6. The van der Waals surface area contributed by atoms with Crippen molar-refractivity contribution >= 4 is 34.3 Å². The SMILES string of the molecule is Cc1nc2cc(-c3nc4cc(Cl)ccc4n3C)nn2c(-c2cc(F)c3c(c2C)CCCO3)c1[C@H](OC(C)(C)C)C(=O)O. The molecular formula is C31H31ClFN5O4. The molecular weight excluding hydrogens is 561 g/mol. The predicted octanol–water partition coefficient (Wildman–Crippen LogP) is 6.63. The molecule has 1 aliphatic rings. The van der Waals surface area contributed by atoms with Crippen molar-refractivity contribution in [2.24, 2.45) is 7.05 Å². The molecule has 42 heavy (non-hydrogen) atoms. The molecule has 11 heteroatoms. The first-order valence-corrected chi connectivity index (χ1v) is 14.1. The number of ether oxygens (including phenoxy) is 2. The summed E-state index contributed by atoms with van der Waals surface area (Å²) in [6.45, 7) is 9.43. The summed E-state index contributed by atoms with van der Waals surface area (Å²) in [5, 5.41) is 15.9. The van der Waals surface area contributed by atoms with Gasteiger partial charge < -0.3 is 19.1 Å². The van der Waals surface area contributed by atoms with Crippen molar-refractivity contribution < 1.29 is 23.8 Å². The number of aliphatic carboxylic acids is 1. The zero-order valence-electron chi connectivity index (χ0n) is 24.2. The lowest BCUT2D eigenvalue weighted by molar-refractivity contribution is -0.160. The second-order valence-electron chi connectivity index (χ2n) is 11.6. The Balaban J connectivity index is 1.68. The smallest absolute Gasteiger partial charge is 0.337 e. The first-order valence-electron chi connectivity index (χ1n) is 13.7. The maximum Gasteiger partial charge on any atom is 0.337 e. The fourth-order valence-corrected chi connectivity index (χ4v) is 5.87. The summed E-state index contributed by atoms with van der Waals surface area (Å²) in [5.74, 6) is -0.881. The summed E-state index contributed by atoms with van der Waals surface area (Å²) in [6, 6.07) is 8.65. The van der Waals surface area contributed by atoms with Gasteiger partial charge in [0.25, 0.3) is 0 Å². The molecule has 3 aromatic heterocycles. The van der Waals surface area contributed by atoms with Gasteiger partial charge in [0.05, 0.1) is 28.9 Å². The lowest BCUT2D eigenvalue weighted by Crippen LogP contribution is -2.29. The number of hydrogen-bond donors (Lipinski definition) is 1. The number of nitrogens with zero attached hydrogens (tertiary/aromatic N) is 5. The highest BCUT2D eigenvalue weighted by atomic mass is 35.5. The molecule has 1 N–H and O–H groups in total. The van der Waals surface area contributed by atoms with E-state index in [1.54, 1.807) is 50.4 Å². The number of carbonyl (C=O) groups is 1. The number of rotatable bonds is 5. The molecule has 0 bridgehead atoms. The van der Waals surface area contributed by atoms with E-state index in [4.69, 9.17) is 36.1 Å². The highest BCUT2D eigenvalue weighted by Gasteiger charge is 2.35. The van der Waals surface area contributed by atoms with E-state index in [0.29, 0.717) is 63.2 Å². The van der Waals surface area contributed by atoms with Crippen molar-refractivity contribution in [3.8, 4) is 28.5 Å². The van der Waals surface area contributed by atoms with Crippen molar-refractivity contribution in [3.05, 3.63) is 63.6 Å². The molecule has 0 fully saturated rings. The maximum absolute atomic E-state index is 15.6. The van der Waals surface area contributed by atoms with E-state index in [2.05, 4.69) is 0 Å². The average molecular weight is 592 g/mol. The number of imidazole rings is 1. The summed E-state index contributed by atoms with van der Waals surface area (Å²) >= 11 is 6.21. The van der Waals surface area contributed by atoms with Gasteiger partial charge in [-0.1, -0.05) is 11.6 Å². The van der Waals surface area contributed by atoms with Gasteiger partial charge in [-0.15, -0.1) is 0 Å². The van der Waals surface area contributed by atoms with Crippen LogP contribution in [0.5, 0.6) is 5.75 Å². The van der Waals surface area contributed by atoms with Gasteiger partial charge in [-0.2, -0.15) is 5.10 Å². The monoisotopic (exact) mass is 591 g/mol. The number of hydrogen-bond acceptors (Lipinski definition) is 6. The van der Waals surface area contributed by atoms with Crippen LogP contribution in [0.3, 0.4) is 0 Å². The Morgan fingerprint density at radius 3 is 2.67 bits per heavy atom. The Morgan fingerprint density at radius 1 is 1.19 bits per heavy atom. The normalized spacial score (nSPS) is 14.3. The molecule has 0 amide bonds. The van der Waals surface area contributed by atoms with Gasteiger partial charge in [0, 0.05) is 40.5 Å². The molecule has 0 spiro atoms. The van der Waals surface area contributed by atoms with E-state index in [1.807, 2.05) is 24.6 Å². The first kappa shape index (κ1) is 28.1. The zero-order valence-corrected chi connectivity index (χ0v) is 25.0. The van der Waals surface area contributed by atoms with E-state index < -0.39 is 23.5 Å². The van der Waals surface area contributed by atoms with Crippen molar-refractivity contribution in [1.82, 2.24) is 24.1 Å². The minimum absolute atomic E-state index is 0.242. The lowest BCUT2D eigenvalue weighted by atomic mass is 9.91. The van der Waals surface area contributed by atoms with Gasteiger partial charge in [0.15, 0.2) is 29.1 Å². The fourth-order valence-electron chi connectivity index (χ4n) is 5.71. The number of benzene rings is 2. The van der Waals surface area contributed by atoms with E-state index >= 15 is 4.39 Å². The van der Waals surface area contributed by atoms with Gasteiger partial charge in [0.2, 0.25) is 0 Å². The van der Waals surface area contributed by atoms with E-state index in [0.717, 1.165) is 23.1 Å². The van der Waals surface area contributed by atoms with Crippen LogP contribution in [0, 0.1) is 19.7 Å². The predicted molar refractivity (Wildman–Crippen MR) is 158 cm³/mol. The van der Waals surface area contributed by atoms with E-state index in [9.17, 15) is 9.90 Å². The van der Waals surface area contributed by atoms with Crippen molar-refractivity contribution in [3.63, 3.8) is 0 Å². The summed E-state index contributed by atoms with van der Waals surface area (Å²) in [5.41, 5.74) is 4.92. The standard InChI is InChI=1S/C31H31ClFN5O4/c1-15-18-8-7-11-41-27(18)20(33)13-19(15)26-25(28(30(39)40)42-31(3,4)5)16(2)34-24-14-22(36-38(24)26)29-35-21-12-17(32)9-10-23(21)37(29)6/h9-10,12-14,28H,7-8,11H2,1-6H3,(H,39,40)/t28-/m0/s1. The third-order valence-electron chi connectivity index (χ3n) is 7.55. The third-order valence-corrected chi connectivity index (χ3v) is 7.79. The fraction of sp³-hybridized carbons (Fsp3) is 0.355. The van der Waals surface area contributed by atoms with Gasteiger partial charge in [-0.05, 0) is 77.3 Å². The Bertz CT molecular complexity index is 1910. The summed E-state index contributed by atoms with van der Waals surface area (Å²) < 4.78 is 30.8. The molecule has 0 aliphatic carbocycles. The van der Waals surface area contributed by atoms with Crippen LogP contribution >= 0.6 is 11.6 Å². The molecule has 9 nitrogen and oxygen atoms in total. The average Bonchev–Trinajstić information content (AvgIpc) is 3.48. The minimum Gasteiger partial charge on any atom is -0.490 e. The molecule has 1 atom stereocenters. The number of carboxylic acids is 1. The molecule has 0 unspecified atom stereocenters. The Labute approximate surface area is 246 Å². The molecule has 6 rings (SSSR count). The van der Waals surface area contributed by atoms with Crippen LogP contribution in [-0.4, -0.2) is 47.4 Å². The molecule has 0 saturated carbocycles. The van der Waals surface area contributed by atoms with E-state index in [-0.39, 0.29) is 5.75 Å². The highest BCUT2D eigenvalue weighted by Crippen LogP contribution is 2.42. The van der Waals surface area contributed by atoms with Crippen LogP contribution in [0.1, 0.15) is 55.7 Å². The second-order valence-corrected chi connectivity index (χ2v) is 12.1. The molecule has 4 heterocycles. The molecule has 2 aromatic carbocycles. The summed E-state index contributed by atoms with van der Waals surface area (Å²) in [7, 11) is 1.88. The zero-order chi connectivity index (χ0) is 30.1. The van der Waals surface area contributed by atoms with Crippen molar-refractivity contribution in [1.29, 1.82) is 0 Å². The molecule has 218 valence electrons. The summed E-state index contributed by atoms with van der Waals surface area (Å²) in [4.78, 5) is 22.3. The topological polar surface area (TPSA) is 104 Å². The molecule has 0 radical (unpaired) electrons. The Morgan fingerprint density at radius 2 is 1.95 bits per heavy atom. The van der Waals surface area contributed by atoms with Gasteiger partial charge in [-0.25, -0.2) is 23.7 Å². The minimum atomic E-state index is -1.39. The van der Waals surface area contributed by atoms with Crippen LogP contribution in [0.4, 0.5) is 4.39 Å². The highest BCUT2D eigenvalue weighted by molar-refractivity contribution is 6.31. The number of fused-ring (bicyclic) bond motifs is 3. The Hall–Kier alpha value is -4.02. The third kappa shape index (κ3) is 4.68. The Kier molecular flexibility index (Phi) is 6.74. The van der Waals surface area contributed by atoms with Gasteiger partial charge in [-0.3, -0.25) is 0 Å². The second kappa shape index (κ2) is 10.1. The number of aromatic nitrogens is 5.